The molecule has 158 valence electrons. The van der Waals surface area contributed by atoms with Crippen LogP contribution in [0.3, 0.4) is 0 Å². The van der Waals surface area contributed by atoms with E-state index in [-0.39, 0.29) is 11.3 Å². The van der Waals surface area contributed by atoms with Gasteiger partial charge in [-0.05, 0) is 31.4 Å². The molecule has 31 heavy (non-hydrogen) atoms. The predicted octanol–water partition coefficient (Wildman–Crippen LogP) is 4.01. The molecule has 1 atom stereocenters. The lowest BCUT2D eigenvalue weighted by Crippen LogP contribution is -2.31. The highest BCUT2D eigenvalue weighted by atomic mass is 16.3. The van der Waals surface area contributed by atoms with Crippen molar-refractivity contribution in [2.45, 2.75) is 32.9 Å². The summed E-state index contributed by atoms with van der Waals surface area (Å²) in [5, 5.41) is 11.0. The molecule has 1 amide bonds. The average Bonchev–Trinajstić information content (AvgIpc) is 3.36. The Morgan fingerprint density at radius 1 is 1.06 bits per heavy atom. The summed E-state index contributed by atoms with van der Waals surface area (Å²) in [6.07, 6.45) is 5.97. The van der Waals surface area contributed by atoms with Crippen LogP contribution in [0.5, 0.6) is 0 Å². The van der Waals surface area contributed by atoms with Crippen LogP contribution in [0.15, 0.2) is 72.8 Å². The molecule has 0 saturated carbocycles. The van der Waals surface area contributed by atoms with Crippen LogP contribution in [0.25, 0.3) is 5.76 Å². The number of likely N-dealkylation sites (tertiary alicyclic amines) is 1. The van der Waals surface area contributed by atoms with Crippen molar-refractivity contribution < 1.29 is 14.7 Å². The zero-order valence-corrected chi connectivity index (χ0v) is 17.7. The van der Waals surface area contributed by atoms with Crippen molar-refractivity contribution in [3.8, 4) is 0 Å². The molecule has 0 spiro atoms. The molecule has 3 aromatic rings. The number of aliphatic hydroxyl groups excluding tert-OH is 1. The van der Waals surface area contributed by atoms with Crippen LogP contribution in [-0.2, 0) is 16.1 Å². The number of ketones is 1. The number of aromatic nitrogens is 2. The third kappa shape index (κ3) is 4.01. The van der Waals surface area contributed by atoms with Gasteiger partial charge in [-0.3, -0.25) is 9.59 Å². The summed E-state index contributed by atoms with van der Waals surface area (Å²) in [6, 6.07) is 14.2. The second-order valence-corrected chi connectivity index (χ2v) is 7.87. The van der Waals surface area contributed by atoms with Gasteiger partial charge in [0, 0.05) is 31.0 Å². The minimum atomic E-state index is -0.644. The number of hydrogen-bond donors (Lipinski definition) is 1. The first-order chi connectivity index (χ1) is 15.0. The first-order valence-electron chi connectivity index (χ1n) is 10.3. The summed E-state index contributed by atoms with van der Waals surface area (Å²) in [4.78, 5) is 31.7. The lowest BCUT2D eigenvalue weighted by Gasteiger charge is -2.27. The van der Waals surface area contributed by atoms with Gasteiger partial charge in [-0.1, -0.05) is 54.1 Å². The predicted molar refractivity (Wildman–Crippen MR) is 118 cm³/mol. The molecule has 0 radical (unpaired) electrons. The van der Waals surface area contributed by atoms with Crippen molar-refractivity contribution in [1.29, 1.82) is 0 Å². The van der Waals surface area contributed by atoms with Crippen LogP contribution in [-0.4, -0.2) is 37.8 Å². The van der Waals surface area contributed by atoms with Crippen molar-refractivity contribution in [3.05, 3.63) is 95.1 Å². The monoisotopic (exact) mass is 415 g/mol. The van der Waals surface area contributed by atoms with Gasteiger partial charge in [0.2, 0.25) is 0 Å². The van der Waals surface area contributed by atoms with Gasteiger partial charge in [-0.2, -0.15) is 0 Å². The maximum Gasteiger partial charge on any atom is 0.295 e. The van der Waals surface area contributed by atoms with Crippen LogP contribution in [0, 0.1) is 13.8 Å². The number of benzene rings is 2. The Bertz CT molecular complexity index is 1130. The van der Waals surface area contributed by atoms with E-state index < -0.39 is 17.7 Å². The summed E-state index contributed by atoms with van der Waals surface area (Å²) in [5.41, 5.74) is 3.59. The Kier molecular flexibility index (Phi) is 5.71. The van der Waals surface area contributed by atoms with Crippen molar-refractivity contribution >= 4 is 17.4 Å². The zero-order chi connectivity index (χ0) is 22.0. The molecular formula is C25H25N3O3. The van der Waals surface area contributed by atoms with E-state index in [1.165, 1.54) is 0 Å². The standard InChI is InChI=1S/C25H25N3O3/c1-17-9-10-20(18(2)15-17)22-21(23(29)19-7-4-3-5-8-19)24(30)25(31)28(22)13-6-12-27-14-11-26-16-27/h3-5,7-11,14-16,22,29H,6,12-13H2,1-2H3/b23-21+. The molecule has 1 unspecified atom stereocenters. The molecule has 4 rings (SSSR count). The summed E-state index contributed by atoms with van der Waals surface area (Å²) in [5.74, 6) is -1.36. The van der Waals surface area contributed by atoms with Crippen LogP contribution in [0.4, 0.5) is 0 Å². The molecule has 1 N–H and O–H groups in total. The lowest BCUT2D eigenvalue weighted by atomic mass is 9.91. The Morgan fingerprint density at radius 3 is 2.52 bits per heavy atom. The highest BCUT2D eigenvalue weighted by molar-refractivity contribution is 6.46. The van der Waals surface area contributed by atoms with Gasteiger partial charge < -0.3 is 14.6 Å². The largest absolute Gasteiger partial charge is 0.507 e. The zero-order valence-electron chi connectivity index (χ0n) is 17.7. The highest BCUT2D eigenvalue weighted by Gasteiger charge is 2.46. The molecule has 1 fully saturated rings. The number of nitrogens with zero attached hydrogens (tertiary/aromatic N) is 3. The minimum Gasteiger partial charge on any atom is -0.507 e. The quantitative estimate of drug-likeness (QED) is 0.375. The Labute approximate surface area is 181 Å². The normalized spacial score (nSPS) is 18.0. The maximum absolute atomic E-state index is 13.1. The number of aliphatic hydroxyl groups is 1. The number of amides is 1. The van der Waals surface area contributed by atoms with E-state index in [1.807, 2.05) is 48.9 Å². The highest BCUT2D eigenvalue weighted by Crippen LogP contribution is 2.40. The number of imidazole rings is 1. The Balaban J connectivity index is 1.76. The third-order valence-electron chi connectivity index (χ3n) is 5.68. The minimum absolute atomic E-state index is 0.138. The van der Waals surface area contributed by atoms with E-state index in [2.05, 4.69) is 4.98 Å². The fourth-order valence-corrected chi connectivity index (χ4v) is 4.16. The van der Waals surface area contributed by atoms with Crippen LogP contribution < -0.4 is 0 Å². The van der Waals surface area contributed by atoms with Gasteiger partial charge in [0.05, 0.1) is 17.9 Å². The van der Waals surface area contributed by atoms with E-state index in [9.17, 15) is 14.7 Å². The van der Waals surface area contributed by atoms with Gasteiger partial charge in [0.15, 0.2) is 0 Å². The summed E-state index contributed by atoms with van der Waals surface area (Å²) >= 11 is 0. The molecule has 0 bridgehead atoms. The van der Waals surface area contributed by atoms with Gasteiger partial charge in [-0.25, -0.2) is 4.98 Å². The van der Waals surface area contributed by atoms with Crippen molar-refractivity contribution in [2.24, 2.45) is 0 Å². The molecule has 0 aliphatic carbocycles. The molecule has 1 aliphatic rings. The van der Waals surface area contributed by atoms with Gasteiger partial charge in [0.25, 0.3) is 11.7 Å². The van der Waals surface area contributed by atoms with Gasteiger partial charge >= 0.3 is 0 Å². The van der Waals surface area contributed by atoms with Crippen LogP contribution in [0.2, 0.25) is 0 Å². The maximum atomic E-state index is 13.1. The molecule has 6 heteroatoms. The molecule has 1 saturated heterocycles. The first kappa shape index (κ1) is 20.6. The third-order valence-corrected chi connectivity index (χ3v) is 5.68. The fourth-order valence-electron chi connectivity index (χ4n) is 4.16. The summed E-state index contributed by atoms with van der Waals surface area (Å²) in [7, 11) is 0. The van der Waals surface area contributed by atoms with Gasteiger partial charge in [0.1, 0.15) is 5.76 Å². The first-order valence-corrected chi connectivity index (χ1v) is 10.3. The van der Waals surface area contributed by atoms with E-state index in [0.29, 0.717) is 25.1 Å². The molecule has 6 nitrogen and oxygen atoms in total. The van der Waals surface area contributed by atoms with E-state index in [4.69, 9.17) is 0 Å². The summed E-state index contributed by atoms with van der Waals surface area (Å²) < 4.78 is 1.94. The number of hydrogen-bond acceptors (Lipinski definition) is 4. The topological polar surface area (TPSA) is 75.4 Å². The van der Waals surface area contributed by atoms with E-state index in [1.54, 1.807) is 41.7 Å². The molecular weight excluding hydrogens is 390 g/mol. The molecule has 2 heterocycles. The van der Waals surface area contributed by atoms with Crippen molar-refractivity contribution in [3.63, 3.8) is 0 Å². The smallest absolute Gasteiger partial charge is 0.295 e. The molecule has 1 aliphatic heterocycles. The average molecular weight is 415 g/mol. The second kappa shape index (κ2) is 8.60. The van der Waals surface area contributed by atoms with Gasteiger partial charge in [-0.15, -0.1) is 0 Å². The second-order valence-electron chi connectivity index (χ2n) is 7.87. The van der Waals surface area contributed by atoms with E-state index >= 15 is 0 Å². The Morgan fingerprint density at radius 2 is 1.84 bits per heavy atom. The Hall–Kier alpha value is -3.67. The van der Waals surface area contributed by atoms with Crippen molar-refractivity contribution in [2.75, 3.05) is 6.54 Å². The van der Waals surface area contributed by atoms with Crippen molar-refractivity contribution in [1.82, 2.24) is 14.5 Å². The van der Waals surface area contributed by atoms with Crippen LogP contribution >= 0.6 is 0 Å². The van der Waals surface area contributed by atoms with E-state index in [0.717, 1.165) is 16.7 Å². The fraction of sp³-hybridized carbons (Fsp3) is 0.240. The van der Waals surface area contributed by atoms with Crippen LogP contribution in [0.1, 0.15) is 34.7 Å². The molecule has 2 aromatic carbocycles. The SMILES string of the molecule is Cc1ccc(C2/C(=C(\O)c3ccccc3)C(=O)C(=O)N2CCCn2ccnc2)c(C)c1. The number of carbonyl (C=O) groups is 2. The molecule has 1 aromatic heterocycles. The lowest BCUT2D eigenvalue weighted by molar-refractivity contribution is -0.139. The number of Topliss-reactive ketones (excluding diaryl/α,β-unsaturated/α-hetero) is 1. The number of carbonyl (C=O) groups excluding carboxylic acids is 2. The number of rotatable bonds is 6. The summed E-state index contributed by atoms with van der Waals surface area (Å²) in [6.45, 7) is 5.05. The number of aryl methyl sites for hydroxylation is 3.